The summed E-state index contributed by atoms with van der Waals surface area (Å²) in [4.78, 5) is 23.5. The number of methoxy groups -OCH3 is 1. The van der Waals surface area contributed by atoms with Crippen LogP contribution in [0.3, 0.4) is 0 Å². The zero-order valence-corrected chi connectivity index (χ0v) is 11.2. The van der Waals surface area contributed by atoms with Crippen LogP contribution < -0.4 is 5.32 Å². The second-order valence-electron chi connectivity index (χ2n) is 4.06. The largest absolute Gasteiger partial charge is 0.465 e. The van der Waals surface area contributed by atoms with Gasteiger partial charge in [0.2, 0.25) is 0 Å². The van der Waals surface area contributed by atoms with Crippen molar-refractivity contribution < 1.29 is 14.3 Å². The molecule has 0 unspecified atom stereocenters. The number of halogens is 1. The molecular weight excluding hydrogens is 266 g/mol. The van der Waals surface area contributed by atoms with Gasteiger partial charge < -0.3 is 10.1 Å². The van der Waals surface area contributed by atoms with Crippen molar-refractivity contribution in [2.24, 2.45) is 0 Å². The van der Waals surface area contributed by atoms with E-state index in [-0.39, 0.29) is 11.5 Å². The molecule has 0 fully saturated rings. The van der Waals surface area contributed by atoms with Gasteiger partial charge >= 0.3 is 5.97 Å². The molecule has 0 aliphatic carbocycles. The van der Waals surface area contributed by atoms with Gasteiger partial charge in [0.1, 0.15) is 0 Å². The summed E-state index contributed by atoms with van der Waals surface area (Å²) < 4.78 is 4.69. The van der Waals surface area contributed by atoms with E-state index >= 15 is 0 Å². The Balaban J connectivity index is 2.44. The summed E-state index contributed by atoms with van der Waals surface area (Å²) in [6.45, 7) is 1.66. The van der Waals surface area contributed by atoms with E-state index in [1.165, 1.54) is 7.11 Å². The minimum atomic E-state index is -0.531. The number of esters is 1. The van der Waals surface area contributed by atoms with Gasteiger partial charge in [-0.1, -0.05) is 23.7 Å². The molecule has 0 spiro atoms. The van der Waals surface area contributed by atoms with Crippen LogP contribution in [0.15, 0.2) is 41.1 Å². The molecule has 1 aliphatic rings. The van der Waals surface area contributed by atoms with E-state index in [1.54, 1.807) is 37.3 Å². The minimum Gasteiger partial charge on any atom is -0.465 e. The maximum absolute atomic E-state index is 11.8. The fraction of sp³-hybridized carbons (Fsp3) is 0.143. The number of carbonyl (C=O) groups excluding carboxylic acids is 2. The predicted octanol–water partition coefficient (Wildman–Crippen LogP) is 2.30. The van der Waals surface area contributed by atoms with Gasteiger partial charge in [-0.15, -0.1) is 0 Å². The van der Waals surface area contributed by atoms with Crippen LogP contribution in [0.2, 0.25) is 5.02 Å². The third-order valence-corrected chi connectivity index (χ3v) is 3.01. The standard InChI is InChI=1S/C14H12ClNO3/c1-8-12(14(18)19-2)11(13(17)16-8)7-9-3-5-10(15)6-4-9/h3-7H,1-2H3,(H,16,17). The summed E-state index contributed by atoms with van der Waals surface area (Å²) in [5.74, 6) is -0.844. The molecule has 0 atom stereocenters. The molecule has 0 radical (unpaired) electrons. The predicted molar refractivity (Wildman–Crippen MR) is 72.3 cm³/mol. The summed E-state index contributed by atoms with van der Waals surface area (Å²) in [7, 11) is 1.28. The lowest BCUT2D eigenvalue weighted by atomic mass is 10.0. The number of ether oxygens (including phenoxy) is 1. The van der Waals surface area contributed by atoms with Crippen LogP contribution in [0, 0.1) is 0 Å². The van der Waals surface area contributed by atoms with Gasteiger partial charge in [0.05, 0.1) is 18.3 Å². The molecule has 0 aromatic heterocycles. The summed E-state index contributed by atoms with van der Waals surface area (Å²) in [6.07, 6.45) is 1.63. The smallest absolute Gasteiger partial charge is 0.340 e. The second-order valence-corrected chi connectivity index (χ2v) is 4.49. The van der Waals surface area contributed by atoms with Crippen molar-refractivity contribution in [3.05, 3.63) is 51.7 Å². The number of nitrogens with one attached hydrogen (secondary N) is 1. The number of rotatable bonds is 2. The zero-order chi connectivity index (χ0) is 14.0. The molecule has 1 aromatic rings. The highest BCUT2D eigenvalue weighted by Gasteiger charge is 2.30. The first kappa shape index (κ1) is 13.4. The Bertz CT molecular complexity index is 600. The van der Waals surface area contributed by atoms with Crippen molar-refractivity contribution in [2.75, 3.05) is 7.11 Å². The molecule has 2 rings (SSSR count). The van der Waals surface area contributed by atoms with E-state index in [4.69, 9.17) is 11.6 Å². The first-order valence-electron chi connectivity index (χ1n) is 5.61. The lowest BCUT2D eigenvalue weighted by Gasteiger charge is -2.02. The molecule has 98 valence electrons. The molecule has 4 nitrogen and oxygen atoms in total. The molecule has 1 aliphatic heterocycles. The summed E-state index contributed by atoms with van der Waals surface area (Å²) in [5.41, 5.74) is 1.84. The van der Waals surface area contributed by atoms with Gasteiger partial charge in [-0.2, -0.15) is 0 Å². The Labute approximate surface area is 115 Å². The van der Waals surface area contributed by atoms with Crippen LogP contribution >= 0.6 is 11.6 Å². The van der Waals surface area contributed by atoms with Gasteiger partial charge in [-0.3, -0.25) is 4.79 Å². The van der Waals surface area contributed by atoms with Crippen LogP contribution in [0.5, 0.6) is 0 Å². The number of amides is 1. The highest BCUT2D eigenvalue weighted by atomic mass is 35.5. The number of carbonyl (C=O) groups is 2. The topological polar surface area (TPSA) is 55.4 Å². The molecule has 5 heteroatoms. The molecule has 0 bridgehead atoms. The van der Waals surface area contributed by atoms with Crippen molar-refractivity contribution in [1.29, 1.82) is 0 Å². The normalized spacial score (nSPS) is 16.8. The first-order chi connectivity index (χ1) is 9.02. The minimum absolute atomic E-state index is 0.266. The Hall–Kier alpha value is -2.07. The molecule has 1 heterocycles. The summed E-state index contributed by atoms with van der Waals surface area (Å²) >= 11 is 5.80. The fourth-order valence-corrected chi connectivity index (χ4v) is 1.97. The van der Waals surface area contributed by atoms with Gasteiger partial charge in [-0.25, -0.2) is 4.79 Å². The number of benzene rings is 1. The SMILES string of the molecule is COC(=O)C1=C(C)NC(=O)C1=Cc1ccc(Cl)cc1. The average Bonchev–Trinajstić information content (AvgIpc) is 2.66. The molecule has 19 heavy (non-hydrogen) atoms. The van der Waals surface area contributed by atoms with Crippen LogP contribution in [0.1, 0.15) is 12.5 Å². The van der Waals surface area contributed by atoms with Gasteiger partial charge in [-0.05, 0) is 30.7 Å². The molecule has 1 aromatic carbocycles. The third kappa shape index (κ3) is 2.69. The van der Waals surface area contributed by atoms with Crippen LogP contribution in [0.4, 0.5) is 0 Å². The molecule has 1 amide bonds. The van der Waals surface area contributed by atoms with E-state index in [2.05, 4.69) is 10.1 Å². The first-order valence-corrected chi connectivity index (χ1v) is 5.99. The Morgan fingerprint density at radius 3 is 2.53 bits per heavy atom. The van der Waals surface area contributed by atoms with Crippen LogP contribution in [-0.4, -0.2) is 19.0 Å². The Kier molecular flexibility index (Phi) is 3.71. The van der Waals surface area contributed by atoms with Crippen molar-refractivity contribution in [3.63, 3.8) is 0 Å². The highest BCUT2D eigenvalue weighted by Crippen LogP contribution is 2.25. The van der Waals surface area contributed by atoms with E-state index in [1.807, 2.05) is 0 Å². The maximum Gasteiger partial charge on any atom is 0.340 e. The van der Waals surface area contributed by atoms with Crippen LogP contribution in [-0.2, 0) is 14.3 Å². The number of hydrogen-bond acceptors (Lipinski definition) is 3. The van der Waals surface area contributed by atoms with E-state index in [0.717, 1.165) is 5.56 Å². The Morgan fingerprint density at radius 1 is 1.32 bits per heavy atom. The highest BCUT2D eigenvalue weighted by molar-refractivity contribution is 6.30. The average molecular weight is 278 g/mol. The quantitative estimate of drug-likeness (QED) is 0.667. The van der Waals surface area contributed by atoms with Crippen molar-refractivity contribution in [3.8, 4) is 0 Å². The number of allylic oxidation sites excluding steroid dienone is 1. The van der Waals surface area contributed by atoms with E-state index in [9.17, 15) is 9.59 Å². The zero-order valence-electron chi connectivity index (χ0n) is 10.5. The lowest BCUT2D eigenvalue weighted by molar-refractivity contribution is -0.136. The molecule has 1 N–H and O–H groups in total. The molecular formula is C14H12ClNO3. The monoisotopic (exact) mass is 277 g/mol. The third-order valence-electron chi connectivity index (χ3n) is 2.76. The Morgan fingerprint density at radius 2 is 1.95 bits per heavy atom. The number of hydrogen-bond donors (Lipinski definition) is 1. The van der Waals surface area contributed by atoms with E-state index in [0.29, 0.717) is 16.3 Å². The maximum atomic E-state index is 11.8. The molecule has 0 saturated carbocycles. The van der Waals surface area contributed by atoms with Crippen LogP contribution in [0.25, 0.3) is 6.08 Å². The van der Waals surface area contributed by atoms with E-state index < -0.39 is 5.97 Å². The van der Waals surface area contributed by atoms with Gasteiger partial charge in [0.15, 0.2) is 0 Å². The molecule has 0 saturated heterocycles. The van der Waals surface area contributed by atoms with Crippen molar-refractivity contribution >= 4 is 29.6 Å². The van der Waals surface area contributed by atoms with Crippen molar-refractivity contribution in [1.82, 2.24) is 5.32 Å². The summed E-state index contributed by atoms with van der Waals surface area (Å²) in [6, 6.07) is 6.97. The van der Waals surface area contributed by atoms with Gasteiger partial charge in [0, 0.05) is 10.7 Å². The lowest BCUT2D eigenvalue weighted by Crippen LogP contribution is -2.15. The second kappa shape index (κ2) is 5.28. The fourth-order valence-electron chi connectivity index (χ4n) is 1.84. The van der Waals surface area contributed by atoms with Gasteiger partial charge in [0.25, 0.3) is 5.91 Å². The van der Waals surface area contributed by atoms with Crippen molar-refractivity contribution in [2.45, 2.75) is 6.92 Å². The summed E-state index contributed by atoms with van der Waals surface area (Å²) in [5, 5.41) is 3.22.